The summed E-state index contributed by atoms with van der Waals surface area (Å²) in [5.41, 5.74) is 6.64. The fourth-order valence-electron chi connectivity index (χ4n) is 1.47. The van der Waals surface area contributed by atoms with Crippen molar-refractivity contribution in [3.05, 3.63) is 11.8 Å². The summed E-state index contributed by atoms with van der Waals surface area (Å²) >= 11 is 0. The van der Waals surface area contributed by atoms with Crippen molar-refractivity contribution in [2.75, 3.05) is 5.32 Å². The molecule has 1 aromatic heterocycles. The van der Waals surface area contributed by atoms with Crippen LogP contribution in [0.4, 0.5) is 5.82 Å². The summed E-state index contributed by atoms with van der Waals surface area (Å²) in [4.78, 5) is 11.6. The second kappa shape index (κ2) is 6.27. The number of amides is 1. The normalized spacial score (nSPS) is 12.4. The number of H-pyrrole nitrogens is 1. The summed E-state index contributed by atoms with van der Waals surface area (Å²) in [5, 5.41) is 9.49. The van der Waals surface area contributed by atoms with Crippen molar-refractivity contribution in [1.29, 1.82) is 0 Å². The maximum absolute atomic E-state index is 11.6. The molecule has 0 aliphatic heterocycles. The van der Waals surface area contributed by atoms with E-state index in [1.165, 1.54) is 0 Å². The third-order valence-electron chi connectivity index (χ3n) is 2.43. The highest BCUT2D eigenvalue weighted by Crippen LogP contribution is 2.12. The Kier molecular flexibility index (Phi) is 4.98. The lowest BCUT2D eigenvalue weighted by atomic mass is 10.1. The monoisotopic (exact) mass is 224 g/mol. The molecule has 0 saturated heterocycles. The van der Waals surface area contributed by atoms with Gasteiger partial charge in [-0.15, -0.1) is 0 Å². The highest BCUT2D eigenvalue weighted by atomic mass is 16.1. The van der Waals surface area contributed by atoms with Gasteiger partial charge in [0.15, 0.2) is 0 Å². The van der Waals surface area contributed by atoms with E-state index < -0.39 is 0 Å². The summed E-state index contributed by atoms with van der Waals surface area (Å²) in [6.07, 6.45) is 4.78. The third kappa shape index (κ3) is 4.02. The molecular weight excluding hydrogens is 204 g/mol. The molecule has 5 nitrogen and oxygen atoms in total. The Labute approximate surface area is 95.8 Å². The van der Waals surface area contributed by atoms with Gasteiger partial charge in [0.1, 0.15) is 5.82 Å². The maximum atomic E-state index is 11.6. The SMILES string of the molecule is CCc1cn[nH]c1NC(=O)CCCC(C)N. The van der Waals surface area contributed by atoms with E-state index in [0.29, 0.717) is 12.2 Å². The largest absolute Gasteiger partial charge is 0.328 e. The van der Waals surface area contributed by atoms with Gasteiger partial charge in [0.05, 0.1) is 6.20 Å². The van der Waals surface area contributed by atoms with Crippen molar-refractivity contribution < 1.29 is 4.79 Å². The second-order valence-corrected chi connectivity index (χ2v) is 4.04. The first kappa shape index (κ1) is 12.7. The lowest BCUT2D eigenvalue weighted by molar-refractivity contribution is -0.116. The van der Waals surface area contributed by atoms with E-state index in [0.717, 1.165) is 24.8 Å². The molecule has 0 radical (unpaired) electrons. The lowest BCUT2D eigenvalue weighted by Crippen LogP contribution is -2.17. The van der Waals surface area contributed by atoms with E-state index in [4.69, 9.17) is 5.73 Å². The smallest absolute Gasteiger partial charge is 0.225 e. The number of aromatic nitrogens is 2. The van der Waals surface area contributed by atoms with Crippen LogP contribution in [0, 0.1) is 0 Å². The predicted molar refractivity (Wildman–Crippen MR) is 64.1 cm³/mol. The first-order chi connectivity index (χ1) is 7.63. The maximum Gasteiger partial charge on any atom is 0.225 e. The van der Waals surface area contributed by atoms with Gasteiger partial charge in [-0.2, -0.15) is 5.10 Å². The van der Waals surface area contributed by atoms with Gasteiger partial charge in [0.2, 0.25) is 5.91 Å². The molecule has 1 unspecified atom stereocenters. The number of aryl methyl sites for hydroxylation is 1. The van der Waals surface area contributed by atoms with E-state index in [1.807, 2.05) is 13.8 Å². The van der Waals surface area contributed by atoms with E-state index in [-0.39, 0.29) is 11.9 Å². The van der Waals surface area contributed by atoms with Gasteiger partial charge < -0.3 is 11.1 Å². The van der Waals surface area contributed by atoms with Gasteiger partial charge >= 0.3 is 0 Å². The number of nitrogens with zero attached hydrogens (tertiary/aromatic N) is 1. The predicted octanol–water partition coefficient (Wildman–Crippen LogP) is 1.43. The number of nitrogens with two attached hydrogens (primary N) is 1. The molecule has 4 N–H and O–H groups in total. The van der Waals surface area contributed by atoms with Gasteiger partial charge in [-0.3, -0.25) is 9.89 Å². The zero-order valence-corrected chi connectivity index (χ0v) is 9.92. The van der Waals surface area contributed by atoms with Gasteiger partial charge in [0.25, 0.3) is 0 Å². The average molecular weight is 224 g/mol. The van der Waals surface area contributed by atoms with Crippen molar-refractivity contribution in [3.8, 4) is 0 Å². The Bertz CT molecular complexity index is 332. The highest BCUT2D eigenvalue weighted by Gasteiger charge is 2.07. The number of anilines is 1. The second-order valence-electron chi connectivity index (χ2n) is 4.04. The van der Waals surface area contributed by atoms with Crippen LogP contribution in [0.5, 0.6) is 0 Å². The third-order valence-corrected chi connectivity index (χ3v) is 2.43. The van der Waals surface area contributed by atoms with Crippen LogP contribution in [0.2, 0.25) is 0 Å². The Balaban J connectivity index is 2.34. The Morgan fingerprint density at radius 3 is 3.06 bits per heavy atom. The first-order valence-electron chi connectivity index (χ1n) is 5.71. The topological polar surface area (TPSA) is 83.8 Å². The number of carbonyl (C=O) groups excluding carboxylic acids is 1. The highest BCUT2D eigenvalue weighted by molar-refractivity contribution is 5.90. The van der Waals surface area contributed by atoms with Crippen LogP contribution in [-0.2, 0) is 11.2 Å². The minimum Gasteiger partial charge on any atom is -0.328 e. The molecule has 0 aromatic carbocycles. The van der Waals surface area contributed by atoms with Gasteiger partial charge in [-0.05, 0) is 26.2 Å². The molecule has 0 aliphatic rings. The molecule has 1 atom stereocenters. The molecule has 0 saturated carbocycles. The summed E-state index contributed by atoms with van der Waals surface area (Å²) in [5.74, 6) is 0.730. The number of nitrogens with one attached hydrogen (secondary N) is 2. The molecule has 0 aliphatic carbocycles. The van der Waals surface area contributed by atoms with Crippen molar-refractivity contribution in [2.45, 2.75) is 45.6 Å². The van der Waals surface area contributed by atoms with E-state index in [2.05, 4.69) is 15.5 Å². The molecule has 16 heavy (non-hydrogen) atoms. The van der Waals surface area contributed by atoms with Crippen LogP contribution < -0.4 is 11.1 Å². The van der Waals surface area contributed by atoms with Crippen LogP contribution in [0.3, 0.4) is 0 Å². The number of aromatic amines is 1. The minimum atomic E-state index is 0.0135. The molecule has 0 spiro atoms. The Morgan fingerprint density at radius 1 is 1.69 bits per heavy atom. The molecule has 0 fully saturated rings. The first-order valence-corrected chi connectivity index (χ1v) is 5.71. The average Bonchev–Trinajstić information content (AvgIpc) is 2.64. The van der Waals surface area contributed by atoms with E-state index in [1.54, 1.807) is 6.20 Å². The molecule has 1 heterocycles. The molecule has 90 valence electrons. The standard InChI is InChI=1S/C11H20N4O/c1-3-9-7-13-15-11(9)14-10(16)6-4-5-8(2)12/h7-8H,3-6,12H2,1-2H3,(H2,13,14,15,16). The molecule has 5 heteroatoms. The Morgan fingerprint density at radius 2 is 2.44 bits per heavy atom. The number of hydrogen-bond donors (Lipinski definition) is 3. The number of carbonyl (C=O) groups is 1. The van der Waals surface area contributed by atoms with Crippen molar-refractivity contribution in [3.63, 3.8) is 0 Å². The van der Waals surface area contributed by atoms with Gasteiger partial charge in [-0.1, -0.05) is 6.92 Å². The zero-order chi connectivity index (χ0) is 12.0. The van der Waals surface area contributed by atoms with E-state index in [9.17, 15) is 4.79 Å². The summed E-state index contributed by atoms with van der Waals surface area (Å²) in [6.45, 7) is 3.97. The number of hydrogen-bond acceptors (Lipinski definition) is 3. The van der Waals surface area contributed by atoms with Gasteiger partial charge in [-0.25, -0.2) is 0 Å². The van der Waals surface area contributed by atoms with E-state index >= 15 is 0 Å². The minimum absolute atomic E-state index is 0.0135. The Hall–Kier alpha value is -1.36. The van der Waals surface area contributed by atoms with Crippen LogP contribution in [-0.4, -0.2) is 22.1 Å². The molecule has 1 amide bonds. The van der Waals surface area contributed by atoms with Crippen LogP contribution >= 0.6 is 0 Å². The van der Waals surface area contributed by atoms with Crippen LogP contribution in [0.1, 0.15) is 38.7 Å². The van der Waals surface area contributed by atoms with Crippen molar-refractivity contribution >= 4 is 11.7 Å². The fraction of sp³-hybridized carbons (Fsp3) is 0.636. The number of rotatable bonds is 6. The lowest BCUT2D eigenvalue weighted by Gasteiger charge is -2.06. The molecular formula is C11H20N4O. The zero-order valence-electron chi connectivity index (χ0n) is 9.92. The molecule has 0 bridgehead atoms. The van der Waals surface area contributed by atoms with Crippen molar-refractivity contribution in [1.82, 2.24) is 10.2 Å². The van der Waals surface area contributed by atoms with Gasteiger partial charge in [0, 0.05) is 18.0 Å². The molecule has 1 rings (SSSR count). The van der Waals surface area contributed by atoms with Crippen molar-refractivity contribution in [2.24, 2.45) is 5.73 Å². The van der Waals surface area contributed by atoms with Crippen LogP contribution in [0.25, 0.3) is 0 Å². The fourth-order valence-corrected chi connectivity index (χ4v) is 1.47. The quantitative estimate of drug-likeness (QED) is 0.683. The summed E-state index contributed by atoms with van der Waals surface area (Å²) < 4.78 is 0. The summed E-state index contributed by atoms with van der Waals surface area (Å²) in [7, 11) is 0. The summed E-state index contributed by atoms with van der Waals surface area (Å²) in [6, 6.07) is 0.158. The van der Waals surface area contributed by atoms with Crippen LogP contribution in [0.15, 0.2) is 6.20 Å². The molecule has 1 aromatic rings.